The number of aromatic nitrogens is 2. The van der Waals surface area contributed by atoms with Crippen molar-refractivity contribution in [1.82, 2.24) is 10.2 Å². The molecule has 3 rings (SSSR count). The Morgan fingerprint density at radius 2 is 2.04 bits per heavy atom. The SMILES string of the molecule is CC(C)Sc1nnc(-c2ccc(N3CCOCC3)c([N+](=O)[O-])c2)o1. The van der Waals surface area contributed by atoms with Crippen LogP contribution >= 0.6 is 11.8 Å². The highest BCUT2D eigenvalue weighted by Crippen LogP contribution is 2.34. The van der Waals surface area contributed by atoms with E-state index in [1.807, 2.05) is 18.7 Å². The average Bonchev–Trinajstić information content (AvgIpc) is 3.03. The molecule has 0 aliphatic carbocycles. The molecule has 1 fully saturated rings. The van der Waals surface area contributed by atoms with Crippen LogP contribution in [0.25, 0.3) is 11.5 Å². The number of hydrogen-bond acceptors (Lipinski definition) is 8. The molecule has 0 spiro atoms. The van der Waals surface area contributed by atoms with Gasteiger partial charge in [-0.1, -0.05) is 25.6 Å². The molecule has 2 aromatic rings. The predicted octanol–water partition coefficient (Wildman–Crippen LogP) is 2.98. The monoisotopic (exact) mass is 350 g/mol. The van der Waals surface area contributed by atoms with Crippen molar-refractivity contribution in [3.63, 3.8) is 0 Å². The molecule has 1 aliphatic heterocycles. The molecule has 0 unspecified atom stereocenters. The molecule has 9 heteroatoms. The Bertz CT molecular complexity index is 728. The summed E-state index contributed by atoms with van der Waals surface area (Å²) >= 11 is 1.45. The highest BCUT2D eigenvalue weighted by Gasteiger charge is 2.23. The normalized spacial score (nSPS) is 15.0. The Morgan fingerprint density at radius 3 is 2.71 bits per heavy atom. The van der Waals surface area contributed by atoms with Gasteiger partial charge in [-0.05, 0) is 12.1 Å². The lowest BCUT2D eigenvalue weighted by molar-refractivity contribution is -0.384. The van der Waals surface area contributed by atoms with Crippen LogP contribution in [0.4, 0.5) is 11.4 Å². The molecule has 2 heterocycles. The van der Waals surface area contributed by atoms with Crippen LogP contribution in [0.5, 0.6) is 0 Å². The maximum absolute atomic E-state index is 11.5. The van der Waals surface area contributed by atoms with Gasteiger partial charge in [0.2, 0.25) is 5.89 Å². The van der Waals surface area contributed by atoms with Crippen molar-refractivity contribution in [2.45, 2.75) is 24.3 Å². The van der Waals surface area contributed by atoms with Crippen molar-refractivity contribution < 1.29 is 14.1 Å². The highest BCUT2D eigenvalue weighted by molar-refractivity contribution is 7.99. The van der Waals surface area contributed by atoms with E-state index in [4.69, 9.17) is 9.15 Å². The van der Waals surface area contributed by atoms with Gasteiger partial charge in [-0.2, -0.15) is 0 Å². The number of nitrogens with zero attached hydrogens (tertiary/aromatic N) is 4. The Kier molecular flexibility index (Phi) is 5.00. The summed E-state index contributed by atoms with van der Waals surface area (Å²) < 4.78 is 10.9. The number of morpholine rings is 1. The lowest BCUT2D eigenvalue weighted by Crippen LogP contribution is -2.36. The molecule has 24 heavy (non-hydrogen) atoms. The Morgan fingerprint density at radius 1 is 1.29 bits per heavy atom. The molecule has 0 atom stereocenters. The second-order valence-electron chi connectivity index (χ2n) is 5.60. The van der Waals surface area contributed by atoms with Crippen LogP contribution in [0.1, 0.15) is 13.8 Å². The smallest absolute Gasteiger partial charge is 0.293 e. The van der Waals surface area contributed by atoms with Crippen LogP contribution < -0.4 is 4.90 Å². The number of hydrogen-bond donors (Lipinski definition) is 0. The molecule has 0 N–H and O–H groups in total. The molecule has 128 valence electrons. The molecule has 0 amide bonds. The standard InChI is InChI=1S/C15H18N4O4S/c1-10(2)24-15-17-16-14(23-15)11-3-4-12(13(9-11)19(20)21)18-5-7-22-8-6-18/h3-4,9-10H,5-8H2,1-2H3. The van der Waals surface area contributed by atoms with Gasteiger partial charge in [0, 0.05) is 30.0 Å². The lowest BCUT2D eigenvalue weighted by Gasteiger charge is -2.28. The van der Waals surface area contributed by atoms with Crippen LogP contribution in [-0.2, 0) is 4.74 Å². The number of nitro groups is 1. The highest BCUT2D eigenvalue weighted by atomic mass is 32.2. The van der Waals surface area contributed by atoms with Crippen LogP contribution in [-0.4, -0.2) is 46.7 Å². The Hall–Kier alpha value is -2.13. The molecule has 1 aromatic heterocycles. The van der Waals surface area contributed by atoms with E-state index in [0.29, 0.717) is 48.0 Å². The van der Waals surface area contributed by atoms with Crippen LogP contribution in [0, 0.1) is 10.1 Å². The molecule has 1 aliphatic rings. The van der Waals surface area contributed by atoms with E-state index in [2.05, 4.69) is 10.2 Å². The largest absolute Gasteiger partial charge is 0.411 e. The first-order valence-corrected chi connectivity index (χ1v) is 8.54. The van der Waals surface area contributed by atoms with Crippen molar-refractivity contribution >= 4 is 23.1 Å². The molecule has 8 nitrogen and oxygen atoms in total. The van der Waals surface area contributed by atoms with Crippen molar-refractivity contribution in [3.8, 4) is 11.5 Å². The van der Waals surface area contributed by atoms with Crippen LogP contribution in [0.15, 0.2) is 27.8 Å². The average molecular weight is 350 g/mol. The van der Waals surface area contributed by atoms with Gasteiger partial charge in [-0.15, -0.1) is 10.2 Å². The zero-order valence-electron chi connectivity index (χ0n) is 13.5. The van der Waals surface area contributed by atoms with Gasteiger partial charge in [0.05, 0.1) is 18.1 Å². The topological polar surface area (TPSA) is 94.5 Å². The fourth-order valence-electron chi connectivity index (χ4n) is 2.45. The summed E-state index contributed by atoms with van der Waals surface area (Å²) in [6.07, 6.45) is 0. The Labute approximate surface area is 143 Å². The summed E-state index contributed by atoms with van der Waals surface area (Å²) in [5.74, 6) is 0.287. The van der Waals surface area contributed by atoms with Gasteiger partial charge in [-0.3, -0.25) is 10.1 Å². The summed E-state index contributed by atoms with van der Waals surface area (Å²) in [7, 11) is 0. The van der Waals surface area contributed by atoms with E-state index in [1.165, 1.54) is 17.8 Å². The van der Waals surface area contributed by atoms with E-state index in [1.54, 1.807) is 12.1 Å². The van der Waals surface area contributed by atoms with E-state index >= 15 is 0 Å². The minimum atomic E-state index is -0.381. The molecule has 0 saturated carbocycles. The van der Waals surface area contributed by atoms with Gasteiger partial charge in [-0.25, -0.2) is 0 Å². The van der Waals surface area contributed by atoms with E-state index < -0.39 is 0 Å². The van der Waals surface area contributed by atoms with E-state index in [-0.39, 0.29) is 16.5 Å². The third-order valence-corrected chi connectivity index (χ3v) is 4.35. The quantitative estimate of drug-likeness (QED) is 0.461. The van der Waals surface area contributed by atoms with Gasteiger partial charge < -0.3 is 14.1 Å². The summed E-state index contributed by atoms with van der Waals surface area (Å²) in [6.45, 7) is 6.45. The number of ether oxygens (including phenoxy) is 1. The van der Waals surface area contributed by atoms with Crippen LogP contribution in [0.2, 0.25) is 0 Å². The molecular formula is C15H18N4O4S. The molecule has 1 saturated heterocycles. The maximum atomic E-state index is 11.5. The first-order valence-electron chi connectivity index (χ1n) is 7.66. The van der Waals surface area contributed by atoms with E-state index in [0.717, 1.165) is 0 Å². The van der Waals surface area contributed by atoms with E-state index in [9.17, 15) is 10.1 Å². The van der Waals surface area contributed by atoms with Gasteiger partial charge in [0.15, 0.2) is 0 Å². The first-order chi connectivity index (χ1) is 11.5. The minimum Gasteiger partial charge on any atom is -0.411 e. The third kappa shape index (κ3) is 3.68. The zero-order valence-corrected chi connectivity index (χ0v) is 14.3. The first kappa shape index (κ1) is 16.7. The zero-order chi connectivity index (χ0) is 17.1. The van der Waals surface area contributed by atoms with Gasteiger partial charge >= 0.3 is 0 Å². The van der Waals surface area contributed by atoms with Crippen LogP contribution in [0.3, 0.4) is 0 Å². The summed E-state index contributed by atoms with van der Waals surface area (Å²) in [4.78, 5) is 13.1. The lowest BCUT2D eigenvalue weighted by atomic mass is 10.1. The van der Waals surface area contributed by atoms with Gasteiger partial charge in [0.25, 0.3) is 10.9 Å². The number of nitro benzene ring substituents is 1. The van der Waals surface area contributed by atoms with Gasteiger partial charge in [0.1, 0.15) is 5.69 Å². The molecule has 0 radical (unpaired) electrons. The maximum Gasteiger partial charge on any atom is 0.293 e. The van der Waals surface area contributed by atoms with Crippen molar-refractivity contribution in [2.75, 3.05) is 31.2 Å². The van der Waals surface area contributed by atoms with Crippen molar-refractivity contribution in [3.05, 3.63) is 28.3 Å². The number of benzene rings is 1. The molecule has 0 bridgehead atoms. The van der Waals surface area contributed by atoms with Crippen molar-refractivity contribution in [1.29, 1.82) is 0 Å². The fourth-order valence-corrected chi connectivity index (χ4v) is 3.07. The molecule has 1 aromatic carbocycles. The molecular weight excluding hydrogens is 332 g/mol. The summed E-state index contributed by atoms with van der Waals surface area (Å²) in [6, 6.07) is 5.00. The van der Waals surface area contributed by atoms with Crippen molar-refractivity contribution in [2.24, 2.45) is 0 Å². The summed E-state index contributed by atoms with van der Waals surface area (Å²) in [5.41, 5.74) is 1.16. The third-order valence-electron chi connectivity index (χ3n) is 3.51. The Balaban J connectivity index is 1.91. The predicted molar refractivity (Wildman–Crippen MR) is 90.4 cm³/mol. The minimum absolute atomic E-state index is 0.0330. The fraction of sp³-hybridized carbons (Fsp3) is 0.467. The number of anilines is 1. The summed E-state index contributed by atoms with van der Waals surface area (Å²) in [5, 5.41) is 20.2. The number of rotatable bonds is 5. The second-order valence-corrected chi connectivity index (χ2v) is 7.13. The second kappa shape index (κ2) is 7.18. The number of thioether (sulfide) groups is 1.